The summed E-state index contributed by atoms with van der Waals surface area (Å²) in [6.45, 7) is 4.58. The fourth-order valence-corrected chi connectivity index (χ4v) is 5.63. The summed E-state index contributed by atoms with van der Waals surface area (Å²) in [6, 6.07) is 5.87. The number of amides is 1. The van der Waals surface area contributed by atoms with Crippen molar-refractivity contribution in [2.45, 2.75) is 63.6 Å². The molecule has 3 aromatic rings. The van der Waals surface area contributed by atoms with Gasteiger partial charge in [-0.05, 0) is 50.7 Å². The zero-order valence-electron chi connectivity index (χ0n) is 20.2. The van der Waals surface area contributed by atoms with Crippen LogP contribution in [0.3, 0.4) is 0 Å². The van der Waals surface area contributed by atoms with Crippen LogP contribution >= 0.6 is 0 Å². The normalized spacial score (nSPS) is 27.6. The Morgan fingerprint density at radius 1 is 1.23 bits per heavy atom. The maximum absolute atomic E-state index is 13.7. The minimum absolute atomic E-state index is 0.0268. The number of hydrogen-bond donors (Lipinski definition) is 2. The van der Waals surface area contributed by atoms with Gasteiger partial charge in [-0.2, -0.15) is 0 Å². The summed E-state index contributed by atoms with van der Waals surface area (Å²) in [6.07, 6.45) is 9.98. The van der Waals surface area contributed by atoms with E-state index in [0.717, 1.165) is 12.8 Å². The lowest BCUT2D eigenvalue weighted by molar-refractivity contribution is -0.127. The first kappa shape index (κ1) is 22.4. The van der Waals surface area contributed by atoms with E-state index in [2.05, 4.69) is 38.2 Å². The first-order valence-electron chi connectivity index (χ1n) is 12.6. The van der Waals surface area contributed by atoms with Crippen LogP contribution in [0.15, 0.2) is 37.1 Å². The van der Waals surface area contributed by atoms with Gasteiger partial charge in [0.05, 0.1) is 37.3 Å². The van der Waals surface area contributed by atoms with Gasteiger partial charge in [0.25, 0.3) is 0 Å². The van der Waals surface area contributed by atoms with Crippen molar-refractivity contribution < 1.29 is 9.90 Å². The number of aliphatic hydroxyl groups excluding tert-OH is 1. The molecule has 3 aromatic heterocycles. The first-order valence-corrected chi connectivity index (χ1v) is 12.6. The average molecular weight is 477 g/mol. The number of hydrogen-bond acceptors (Lipinski definition) is 7. The smallest absolute Gasteiger partial charge is 0.234 e. The number of aromatic nitrogens is 6. The van der Waals surface area contributed by atoms with Gasteiger partial charge in [0.15, 0.2) is 5.82 Å². The number of anilines is 1. The molecule has 35 heavy (non-hydrogen) atoms. The van der Waals surface area contributed by atoms with Crippen LogP contribution in [0, 0.1) is 11.8 Å². The Kier molecular flexibility index (Phi) is 5.64. The molecule has 184 valence electrons. The molecule has 10 nitrogen and oxygen atoms in total. The van der Waals surface area contributed by atoms with E-state index in [0.29, 0.717) is 35.8 Å². The third kappa shape index (κ3) is 4.04. The molecule has 2 N–H and O–H groups in total. The highest BCUT2D eigenvalue weighted by atomic mass is 16.3. The second-order valence-corrected chi connectivity index (χ2v) is 10.4. The number of aliphatic hydroxyl groups is 1. The predicted molar refractivity (Wildman–Crippen MR) is 129 cm³/mol. The van der Waals surface area contributed by atoms with Crippen LogP contribution in [0.4, 0.5) is 5.82 Å². The van der Waals surface area contributed by atoms with Crippen molar-refractivity contribution in [1.82, 2.24) is 34.6 Å². The number of fused-ring (bicyclic) bond motifs is 1. The van der Waals surface area contributed by atoms with E-state index < -0.39 is 0 Å². The van der Waals surface area contributed by atoms with Crippen LogP contribution in [0.1, 0.15) is 63.2 Å². The van der Waals surface area contributed by atoms with Crippen LogP contribution in [0.25, 0.3) is 11.5 Å². The van der Waals surface area contributed by atoms with Gasteiger partial charge in [-0.25, -0.2) is 9.97 Å². The minimum atomic E-state index is -0.172. The molecule has 2 aliphatic carbocycles. The van der Waals surface area contributed by atoms with Gasteiger partial charge < -0.3 is 14.2 Å². The molecule has 2 saturated carbocycles. The lowest BCUT2D eigenvalue weighted by atomic mass is 9.74. The zero-order chi connectivity index (χ0) is 24.1. The van der Waals surface area contributed by atoms with Crippen LogP contribution < -0.4 is 10.2 Å². The molecule has 3 aliphatic rings. The fraction of sp³-hybridized carbons (Fsp3) is 0.560. The Balaban J connectivity index is 1.24. The van der Waals surface area contributed by atoms with Crippen molar-refractivity contribution in [3.63, 3.8) is 0 Å². The molecule has 5 atom stereocenters. The topological polar surface area (TPSA) is 114 Å². The molecule has 5 unspecified atom stereocenters. The lowest BCUT2D eigenvalue weighted by Crippen LogP contribution is -2.60. The summed E-state index contributed by atoms with van der Waals surface area (Å²) in [5, 5.41) is 21.4. The van der Waals surface area contributed by atoms with Gasteiger partial charge >= 0.3 is 0 Å². The van der Waals surface area contributed by atoms with E-state index in [1.165, 1.54) is 18.5 Å². The number of rotatable bonds is 6. The van der Waals surface area contributed by atoms with Gasteiger partial charge in [0.1, 0.15) is 17.8 Å². The fourth-order valence-electron chi connectivity index (χ4n) is 5.63. The largest absolute Gasteiger partial charge is 0.394 e. The molecular weight excluding hydrogens is 444 g/mol. The van der Waals surface area contributed by atoms with Crippen molar-refractivity contribution >= 4 is 11.7 Å². The lowest BCUT2D eigenvalue weighted by Gasteiger charge is -2.45. The Labute approximate surface area is 204 Å². The third-order valence-electron chi connectivity index (χ3n) is 7.91. The zero-order valence-corrected chi connectivity index (χ0v) is 20.2. The summed E-state index contributed by atoms with van der Waals surface area (Å²) >= 11 is 0. The molecular formula is C25H32N8O2. The molecule has 0 spiro atoms. The van der Waals surface area contributed by atoms with E-state index in [4.69, 9.17) is 4.98 Å². The Hall–Kier alpha value is -3.11. The Bertz CT molecular complexity index is 1220. The molecule has 1 aliphatic heterocycles. The van der Waals surface area contributed by atoms with E-state index in [-0.39, 0.29) is 36.6 Å². The second-order valence-electron chi connectivity index (χ2n) is 10.4. The number of nitrogens with one attached hydrogen (secondary N) is 1. The highest BCUT2D eigenvalue weighted by molar-refractivity contribution is 5.95. The molecule has 1 saturated heterocycles. The summed E-state index contributed by atoms with van der Waals surface area (Å²) in [5.74, 6) is 2.26. The molecule has 1 amide bonds. The van der Waals surface area contributed by atoms with Crippen molar-refractivity contribution in [3.8, 4) is 11.5 Å². The minimum Gasteiger partial charge on any atom is -0.394 e. The van der Waals surface area contributed by atoms with E-state index in [1.807, 2.05) is 31.5 Å². The molecule has 0 radical (unpaired) electrons. The number of pyridine rings is 1. The quantitative estimate of drug-likeness (QED) is 0.562. The van der Waals surface area contributed by atoms with E-state index >= 15 is 0 Å². The third-order valence-corrected chi connectivity index (χ3v) is 7.91. The summed E-state index contributed by atoms with van der Waals surface area (Å²) in [4.78, 5) is 24.9. The average Bonchev–Trinajstić information content (AvgIpc) is 3.39. The van der Waals surface area contributed by atoms with Crippen molar-refractivity contribution in [1.29, 1.82) is 0 Å². The molecule has 10 heteroatoms. The summed E-state index contributed by atoms with van der Waals surface area (Å²) in [5.41, 5.74) is 1.81. The van der Waals surface area contributed by atoms with Gasteiger partial charge in [0, 0.05) is 24.2 Å². The van der Waals surface area contributed by atoms with E-state index in [1.54, 1.807) is 15.8 Å². The summed E-state index contributed by atoms with van der Waals surface area (Å²) < 4.78 is 4.04. The first-order chi connectivity index (χ1) is 17.0. The molecule has 4 heterocycles. The SMILES string of the molecule is CC1CC2NCN(c3cccc(-c4nncn4C(C)CO)n3)C(=O)C2CC1n1cnc(C2CC2)c1. The molecule has 6 rings (SSSR count). The molecule has 3 fully saturated rings. The number of carbonyl (C=O) groups is 1. The van der Waals surface area contributed by atoms with Crippen molar-refractivity contribution in [2.75, 3.05) is 18.2 Å². The number of carbonyl (C=O) groups excluding carboxylic acids is 1. The van der Waals surface area contributed by atoms with E-state index in [9.17, 15) is 9.90 Å². The van der Waals surface area contributed by atoms with Gasteiger partial charge in [-0.3, -0.25) is 15.0 Å². The van der Waals surface area contributed by atoms with Crippen LogP contribution in [0.5, 0.6) is 0 Å². The van der Waals surface area contributed by atoms with Crippen molar-refractivity contribution in [3.05, 3.63) is 42.7 Å². The standard InChI is InChI=1S/C25H32N8O2/c1-15-8-20-18(9-22(15)31-10-21(26-12-31)17-6-7-17)25(35)33(13-27-20)23-5-3-4-19(29-23)24-30-28-14-32(24)16(2)11-34/h3-5,10,12,14-18,20,22,27,34H,6-9,11,13H2,1-2H3. The molecule has 0 bridgehead atoms. The van der Waals surface area contributed by atoms with Gasteiger partial charge in [-0.1, -0.05) is 13.0 Å². The second kappa shape index (κ2) is 8.83. The van der Waals surface area contributed by atoms with Crippen LogP contribution in [0.2, 0.25) is 0 Å². The number of nitrogens with zero attached hydrogens (tertiary/aromatic N) is 7. The maximum atomic E-state index is 13.7. The van der Waals surface area contributed by atoms with Crippen LogP contribution in [-0.2, 0) is 4.79 Å². The molecule has 0 aromatic carbocycles. The predicted octanol–water partition coefficient (Wildman–Crippen LogP) is 2.52. The number of imidazole rings is 1. The van der Waals surface area contributed by atoms with Gasteiger partial charge in [-0.15, -0.1) is 10.2 Å². The monoisotopic (exact) mass is 476 g/mol. The highest BCUT2D eigenvalue weighted by Crippen LogP contribution is 2.43. The maximum Gasteiger partial charge on any atom is 0.234 e. The summed E-state index contributed by atoms with van der Waals surface area (Å²) in [7, 11) is 0. The van der Waals surface area contributed by atoms with Crippen LogP contribution in [-0.4, -0.2) is 59.6 Å². The van der Waals surface area contributed by atoms with Crippen molar-refractivity contribution in [2.24, 2.45) is 11.8 Å². The Morgan fingerprint density at radius 2 is 2.09 bits per heavy atom. The highest BCUT2D eigenvalue weighted by Gasteiger charge is 2.44. The Morgan fingerprint density at radius 3 is 2.89 bits per heavy atom. The van der Waals surface area contributed by atoms with Gasteiger partial charge in [0.2, 0.25) is 5.91 Å².